The summed E-state index contributed by atoms with van der Waals surface area (Å²) in [6.45, 7) is 4.71. The van der Waals surface area contributed by atoms with Crippen LogP contribution in [0, 0.1) is 0 Å². The monoisotopic (exact) mass is 388 g/mol. The molecule has 4 rings (SSSR count). The first-order valence-corrected chi connectivity index (χ1v) is 9.74. The molecular weight excluding hydrogens is 364 g/mol. The van der Waals surface area contributed by atoms with Crippen molar-refractivity contribution in [3.05, 3.63) is 66.6 Å². The lowest BCUT2D eigenvalue weighted by Crippen LogP contribution is -2.39. The molecule has 8 nitrogen and oxygen atoms in total. The molecule has 0 saturated heterocycles. The Kier molecular flexibility index (Phi) is 5.80. The smallest absolute Gasteiger partial charge is 0.191 e. The van der Waals surface area contributed by atoms with Crippen LogP contribution in [0.2, 0.25) is 0 Å². The van der Waals surface area contributed by atoms with Crippen LogP contribution in [0.5, 0.6) is 0 Å². The lowest BCUT2D eigenvalue weighted by molar-refractivity contribution is 0.802. The molecule has 1 aromatic carbocycles. The highest BCUT2D eigenvalue weighted by atomic mass is 15.3. The van der Waals surface area contributed by atoms with Gasteiger partial charge in [-0.3, -0.25) is 4.40 Å². The number of guanidine groups is 1. The molecule has 0 spiro atoms. The van der Waals surface area contributed by atoms with Crippen molar-refractivity contribution in [3.8, 4) is 0 Å². The van der Waals surface area contributed by atoms with Gasteiger partial charge >= 0.3 is 0 Å². The molecule has 29 heavy (non-hydrogen) atoms. The first-order chi connectivity index (χ1) is 14.3. The maximum atomic E-state index is 4.62. The number of hydrogen-bond donors (Lipinski definition) is 3. The second-order valence-corrected chi connectivity index (χ2v) is 6.48. The topological polar surface area (TPSA) is 91.5 Å². The van der Waals surface area contributed by atoms with Crippen LogP contribution in [-0.4, -0.2) is 45.2 Å². The number of aliphatic imine (C=N–C) groups is 1. The largest absolute Gasteiger partial charge is 0.368 e. The standard InChI is InChI=1S/C21H24N8/c1-2-22-21(25-15-20-28-27-19-9-5-6-14-29(19)20)24-13-12-23-18-11-10-16-7-3-4-8-17(16)26-18/h3-11,14H,2,12-13,15H2,1H3,(H,23,26)(H2,22,24,25). The third kappa shape index (κ3) is 4.60. The summed E-state index contributed by atoms with van der Waals surface area (Å²) < 4.78 is 1.94. The second-order valence-electron chi connectivity index (χ2n) is 6.48. The first-order valence-electron chi connectivity index (χ1n) is 9.74. The van der Waals surface area contributed by atoms with Gasteiger partial charge in [-0.25, -0.2) is 9.98 Å². The number of fused-ring (bicyclic) bond motifs is 2. The molecule has 4 aromatic rings. The number of aromatic nitrogens is 4. The van der Waals surface area contributed by atoms with Crippen molar-refractivity contribution < 1.29 is 0 Å². The zero-order valence-corrected chi connectivity index (χ0v) is 16.3. The van der Waals surface area contributed by atoms with E-state index in [1.165, 1.54) is 0 Å². The van der Waals surface area contributed by atoms with Crippen LogP contribution >= 0.6 is 0 Å². The van der Waals surface area contributed by atoms with Crippen LogP contribution in [0.15, 0.2) is 65.8 Å². The van der Waals surface area contributed by atoms with Gasteiger partial charge in [0.05, 0.1) is 5.52 Å². The van der Waals surface area contributed by atoms with Crippen molar-refractivity contribution in [2.45, 2.75) is 13.5 Å². The molecule has 0 radical (unpaired) electrons. The number of hydrogen-bond acceptors (Lipinski definition) is 5. The summed E-state index contributed by atoms with van der Waals surface area (Å²) in [5.74, 6) is 2.41. The quantitative estimate of drug-likeness (QED) is 0.256. The van der Waals surface area contributed by atoms with Crippen molar-refractivity contribution in [1.82, 2.24) is 30.2 Å². The molecule has 0 aliphatic rings. The second kappa shape index (κ2) is 9.01. The minimum absolute atomic E-state index is 0.445. The Balaban J connectivity index is 1.32. The third-order valence-electron chi connectivity index (χ3n) is 4.43. The Hall–Kier alpha value is -3.68. The average molecular weight is 388 g/mol. The predicted molar refractivity (Wildman–Crippen MR) is 116 cm³/mol. The minimum Gasteiger partial charge on any atom is -0.368 e. The van der Waals surface area contributed by atoms with Gasteiger partial charge in [-0.15, -0.1) is 10.2 Å². The lowest BCUT2D eigenvalue weighted by atomic mass is 10.2. The Morgan fingerprint density at radius 3 is 2.79 bits per heavy atom. The van der Waals surface area contributed by atoms with Crippen molar-refractivity contribution >= 4 is 28.3 Å². The zero-order valence-electron chi connectivity index (χ0n) is 16.3. The van der Waals surface area contributed by atoms with Gasteiger partial charge in [-0.05, 0) is 37.3 Å². The highest BCUT2D eigenvalue weighted by Gasteiger charge is 2.04. The van der Waals surface area contributed by atoms with Gasteiger partial charge in [0.2, 0.25) is 0 Å². The highest BCUT2D eigenvalue weighted by Crippen LogP contribution is 2.14. The molecule has 3 N–H and O–H groups in total. The van der Waals surface area contributed by atoms with E-state index in [4.69, 9.17) is 0 Å². The van der Waals surface area contributed by atoms with Gasteiger partial charge in [-0.1, -0.05) is 24.3 Å². The number of anilines is 1. The fraction of sp³-hybridized carbons (Fsp3) is 0.238. The van der Waals surface area contributed by atoms with Crippen molar-refractivity contribution in [1.29, 1.82) is 0 Å². The molecule has 3 aromatic heterocycles. The molecule has 0 atom stereocenters. The Labute approximate surface area is 169 Å². The van der Waals surface area contributed by atoms with Gasteiger partial charge in [0, 0.05) is 31.2 Å². The lowest BCUT2D eigenvalue weighted by Gasteiger charge is -2.12. The van der Waals surface area contributed by atoms with Crippen molar-refractivity contribution in [2.24, 2.45) is 4.99 Å². The molecule has 0 unspecified atom stereocenters. The number of benzene rings is 1. The summed E-state index contributed by atoms with van der Waals surface area (Å²) >= 11 is 0. The van der Waals surface area contributed by atoms with E-state index in [2.05, 4.69) is 48.3 Å². The van der Waals surface area contributed by atoms with E-state index in [1.54, 1.807) is 0 Å². The zero-order chi connectivity index (χ0) is 19.9. The maximum Gasteiger partial charge on any atom is 0.191 e. The molecule has 0 fully saturated rings. The van der Waals surface area contributed by atoms with Gasteiger partial charge in [0.25, 0.3) is 0 Å². The predicted octanol–water partition coefficient (Wildman–Crippen LogP) is 2.44. The normalized spacial score (nSPS) is 11.7. The summed E-state index contributed by atoms with van der Waals surface area (Å²) in [4.78, 5) is 9.24. The first kappa shape index (κ1) is 18.7. The minimum atomic E-state index is 0.445. The van der Waals surface area contributed by atoms with Gasteiger partial charge in [0.1, 0.15) is 12.4 Å². The van der Waals surface area contributed by atoms with Gasteiger partial charge in [-0.2, -0.15) is 0 Å². The van der Waals surface area contributed by atoms with Crippen molar-refractivity contribution in [3.63, 3.8) is 0 Å². The number of pyridine rings is 2. The van der Waals surface area contributed by atoms with Crippen LogP contribution < -0.4 is 16.0 Å². The molecule has 0 saturated carbocycles. The SMILES string of the molecule is CCNC(=NCc1nnc2ccccn12)NCCNc1ccc2ccccc2n1. The Morgan fingerprint density at radius 2 is 1.86 bits per heavy atom. The number of rotatable bonds is 7. The average Bonchev–Trinajstić information content (AvgIpc) is 3.18. The molecule has 0 amide bonds. The highest BCUT2D eigenvalue weighted by molar-refractivity contribution is 5.80. The van der Waals surface area contributed by atoms with Crippen LogP contribution in [0.25, 0.3) is 16.6 Å². The van der Waals surface area contributed by atoms with Gasteiger partial charge < -0.3 is 16.0 Å². The third-order valence-corrected chi connectivity index (χ3v) is 4.43. The number of nitrogens with zero attached hydrogens (tertiary/aromatic N) is 5. The number of para-hydroxylation sites is 1. The summed E-state index contributed by atoms with van der Waals surface area (Å²) in [5.41, 5.74) is 1.81. The van der Waals surface area contributed by atoms with E-state index in [-0.39, 0.29) is 0 Å². The molecule has 8 heteroatoms. The molecule has 0 aliphatic heterocycles. The molecule has 0 bridgehead atoms. The van der Waals surface area contributed by atoms with Crippen LogP contribution in [0.1, 0.15) is 12.7 Å². The summed E-state index contributed by atoms with van der Waals surface area (Å²) in [6, 6.07) is 18.0. The fourth-order valence-electron chi connectivity index (χ4n) is 3.03. The molecule has 3 heterocycles. The molecule has 0 aliphatic carbocycles. The van der Waals surface area contributed by atoms with E-state index in [0.717, 1.165) is 47.2 Å². The van der Waals surface area contributed by atoms with E-state index in [0.29, 0.717) is 13.1 Å². The maximum absolute atomic E-state index is 4.62. The number of nitrogens with one attached hydrogen (secondary N) is 3. The Morgan fingerprint density at radius 1 is 0.966 bits per heavy atom. The van der Waals surface area contributed by atoms with Crippen LogP contribution in [0.3, 0.4) is 0 Å². The summed E-state index contributed by atoms with van der Waals surface area (Å²) in [7, 11) is 0. The fourth-order valence-corrected chi connectivity index (χ4v) is 3.03. The van der Waals surface area contributed by atoms with Crippen LogP contribution in [0.4, 0.5) is 5.82 Å². The van der Waals surface area contributed by atoms with Crippen molar-refractivity contribution in [2.75, 3.05) is 25.0 Å². The van der Waals surface area contributed by atoms with E-state index in [1.807, 2.05) is 60.0 Å². The van der Waals surface area contributed by atoms with Crippen LogP contribution in [-0.2, 0) is 6.54 Å². The summed E-state index contributed by atoms with van der Waals surface area (Å²) in [5, 5.41) is 19.4. The summed E-state index contributed by atoms with van der Waals surface area (Å²) in [6.07, 6.45) is 1.95. The van der Waals surface area contributed by atoms with E-state index in [9.17, 15) is 0 Å². The van der Waals surface area contributed by atoms with E-state index >= 15 is 0 Å². The van der Waals surface area contributed by atoms with Gasteiger partial charge in [0.15, 0.2) is 17.4 Å². The van der Waals surface area contributed by atoms with E-state index < -0.39 is 0 Å². The molecule has 148 valence electrons. The molecular formula is C21H24N8. The Bertz CT molecular complexity index is 1120.